The molecule has 0 radical (unpaired) electrons. The Morgan fingerprint density at radius 1 is 1.21 bits per heavy atom. The van der Waals surface area contributed by atoms with Gasteiger partial charge in [-0.05, 0) is 43.7 Å². The third-order valence-corrected chi connectivity index (χ3v) is 5.70. The first-order valence-corrected chi connectivity index (χ1v) is 10.9. The number of rotatable bonds is 8. The number of fused-ring (bicyclic) bond motifs is 1. The van der Waals surface area contributed by atoms with E-state index in [4.69, 9.17) is 0 Å². The van der Waals surface area contributed by atoms with E-state index in [0.717, 1.165) is 40.9 Å². The lowest BCUT2D eigenvalue weighted by molar-refractivity contribution is 0.607. The van der Waals surface area contributed by atoms with Gasteiger partial charge in [0.1, 0.15) is 11.9 Å². The molecule has 9 heteroatoms. The van der Waals surface area contributed by atoms with Crippen molar-refractivity contribution in [3.05, 3.63) is 64.5 Å². The molecule has 0 saturated carbocycles. The van der Waals surface area contributed by atoms with Gasteiger partial charge in [0.15, 0.2) is 11.3 Å². The van der Waals surface area contributed by atoms with Crippen molar-refractivity contribution < 1.29 is 4.39 Å². The number of nitrogens with zero attached hydrogens (tertiary/aromatic N) is 6. The summed E-state index contributed by atoms with van der Waals surface area (Å²) < 4.78 is 18.2. The third-order valence-electron chi connectivity index (χ3n) is 5.70. The molecule has 3 heterocycles. The molecule has 4 rings (SSSR count). The molecule has 0 aliphatic heterocycles. The Kier molecular flexibility index (Phi) is 6.38. The Balaban J connectivity index is 1.74. The summed E-state index contributed by atoms with van der Waals surface area (Å²) in [6, 6.07) is 7.40. The maximum absolute atomic E-state index is 14.7. The molecule has 0 saturated heterocycles. The van der Waals surface area contributed by atoms with Crippen LogP contribution < -0.4 is 10.6 Å². The van der Waals surface area contributed by atoms with E-state index in [0.29, 0.717) is 23.7 Å². The Bertz CT molecular complexity index is 1340. The summed E-state index contributed by atoms with van der Waals surface area (Å²) in [5.41, 5.74) is 6.09. The van der Waals surface area contributed by atoms with E-state index in [2.05, 4.69) is 38.7 Å². The molecular weight excluding hydrogens is 419 g/mol. The zero-order valence-electron chi connectivity index (χ0n) is 19.3. The van der Waals surface area contributed by atoms with Crippen LogP contribution in [-0.2, 0) is 26.6 Å². The van der Waals surface area contributed by atoms with Crippen molar-refractivity contribution in [1.29, 1.82) is 5.26 Å². The molecule has 2 N–H and O–H groups in total. The quantitative estimate of drug-likeness (QED) is 0.428. The number of anilines is 1. The number of hydrogen-bond donors (Lipinski definition) is 2. The van der Waals surface area contributed by atoms with E-state index in [1.54, 1.807) is 21.5 Å². The van der Waals surface area contributed by atoms with E-state index in [1.165, 1.54) is 6.07 Å². The first-order chi connectivity index (χ1) is 16.0. The van der Waals surface area contributed by atoms with Crippen LogP contribution in [0.4, 0.5) is 10.3 Å². The van der Waals surface area contributed by atoms with Crippen molar-refractivity contribution in [3.8, 4) is 17.3 Å². The van der Waals surface area contributed by atoms with Gasteiger partial charge in [0.2, 0.25) is 5.95 Å². The molecule has 0 aliphatic carbocycles. The molecular formula is C24H27FN8. The predicted molar refractivity (Wildman–Crippen MR) is 125 cm³/mol. The smallest absolute Gasteiger partial charge is 0.208 e. The van der Waals surface area contributed by atoms with Crippen molar-refractivity contribution in [2.45, 2.75) is 39.8 Å². The lowest BCUT2D eigenvalue weighted by atomic mass is 9.97. The zero-order chi connectivity index (χ0) is 23.5. The highest BCUT2D eigenvalue weighted by Crippen LogP contribution is 2.27. The monoisotopic (exact) mass is 446 g/mol. The van der Waals surface area contributed by atoms with E-state index in [9.17, 15) is 9.65 Å². The van der Waals surface area contributed by atoms with Crippen LogP contribution in [0.15, 0.2) is 30.6 Å². The van der Waals surface area contributed by atoms with Crippen molar-refractivity contribution in [1.82, 2.24) is 29.5 Å². The molecule has 0 unspecified atom stereocenters. The molecule has 1 aromatic carbocycles. The van der Waals surface area contributed by atoms with Gasteiger partial charge in [-0.1, -0.05) is 19.4 Å². The van der Waals surface area contributed by atoms with E-state index in [-0.39, 0.29) is 18.1 Å². The fourth-order valence-corrected chi connectivity index (χ4v) is 4.13. The number of nitrogens with one attached hydrogen (secondary N) is 2. The fourth-order valence-electron chi connectivity index (χ4n) is 4.13. The van der Waals surface area contributed by atoms with Gasteiger partial charge >= 0.3 is 0 Å². The summed E-state index contributed by atoms with van der Waals surface area (Å²) in [4.78, 5) is 9.08. The first kappa shape index (κ1) is 22.4. The standard InChI is InChI=1S/C24H27FN8/c1-5-6-18-15(2)7-8-21(25)19(18)12-28-24-29-13-20(23-30-17(10-26)14-33(23)24)22-9-16(11-27-3)31-32(22)4/h7-9,13-14,27H,5-6,11-12H2,1-4H3,(H,28,29). The summed E-state index contributed by atoms with van der Waals surface area (Å²) in [6.45, 7) is 5.00. The minimum absolute atomic E-state index is 0.236. The zero-order valence-corrected chi connectivity index (χ0v) is 19.3. The van der Waals surface area contributed by atoms with Crippen LogP contribution in [0.2, 0.25) is 0 Å². The highest BCUT2D eigenvalue weighted by Gasteiger charge is 2.18. The molecule has 0 spiro atoms. The normalized spacial score (nSPS) is 11.2. The second kappa shape index (κ2) is 9.38. The van der Waals surface area contributed by atoms with Gasteiger partial charge < -0.3 is 10.6 Å². The maximum Gasteiger partial charge on any atom is 0.208 e. The van der Waals surface area contributed by atoms with Crippen LogP contribution in [0.5, 0.6) is 0 Å². The van der Waals surface area contributed by atoms with Gasteiger partial charge in [0, 0.05) is 31.9 Å². The van der Waals surface area contributed by atoms with Gasteiger partial charge in [-0.15, -0.1) is 0 Å². The van der Waals surface area contributed by atoms with E-state index >= 15 is 0 Å². The minimum atomic E-state index is -0.236. The minimum Gasteiger partial charge on any atom is -0.351 e. The highest BCUT2D eigenvalue weighted by molar-refractivity contribution is 5.76. The lowest BCUT2D eigenvalue weighted by Crippen LogP contribution is -2.11. The second-order valence-electron chi connectivity index (χ2n) is 8.03. The molecule has 33 heavy (non-hydrogen) atoms. The molecule has 0 atom stereocenters. The largest absolute Gasteiger partial charge is 0.351 e. The van der Waals surface area contributed by atoms with Crippen LogP contribution in [0.25, 0.3) is 16.9 Å². The van der Waals surface area contributed by atoms with Crippen molar-refractivity contribution >= 4 is 11.6 Å². The molecule has 0 amide bonds. The number of nitriles is 1. The van der Waals surface area contributed by atoms with Crippen molar-refractivity contribution in [3.63, 3.8) is 0 Å². The summed E-state index contributed by atoms with van der Waals surface area (Å²) >= 11 is 0. The summed E-state index contributed by atoms with van der Waals surface area (Å²) in [5.74, 6) is 0.253. The molecule has 8 nitrogen and oxygen atoms in total. The van der Waals surface area contributed by atoms with Gasteiger partial charge in [0.25, 0.3) is 0 Å². The van der Waals surface area contributed by atoms with E-state index in [1.807, 2.05) is 33.2 Å². The molecule has 3 aromatic heterocycles. The van der Waals surface area contributed by atoms with Crippen LogP contribution in [0.3, 0.4) is 0 Å². The van der Waals surface area contributed by atoms with Crippen LogP contribution in [0.1, 0.15) is 41.4 Å². The van der Waals surface area contributed by atoms with Gasteiger partial charge in [-0.25, -0.2) is 14.4 Å². The summed E-state index contributed by atoms with van der Waals surface area (Å²) in [5, 5.41) is 20.3. The topological polar surface area (TPSA) is 95.9 Å². The van der Waals surface area contributed by atoms with Crippen LogP contribution >= 0.6 is 0 Å². The molecule has 0 fully saturated rings. The molecule has 0 bridgehead atoms. The number of benzene rings is 1. The average Bonchev–Trinajstić information content (AvgIpc) is 3.40. The molecule has 4 aromatic rings. The maximum atomic E-state index is 14.7. The van der Waals surface area contributed by atoms with Gasteiger partial charge in [-0.3, -0.25) is 9.08 Å². The summed E-state index contributed by atoms with van der Waals surface area (Å²) in [7, 11) is 3.73. The number of aromatic nitrogens is 5. The molecule has 0 aliphatic rings. The van der Waals surface area contributed by atoms with Crippen LogP contribution in [-0.4, -0.2) is 31.2 Å². The van der Waals surface area contributed by atoms with E-state index < -0.39 is 0 Å². The number of halogens is 1. The fraction of sp³-hybridized carbons (Fsp3) is 0.333. The molecule has 170 valence electrons. The predicted octanol–water partition coefficient (Wildman–Crippen LogP) is 3.73. The van der Waals surface area contributed by atoms with Crippen LogP contribution in [0, 0.1) is 24.1 Å². The SMILES string of the molecule is CCCc1c(C)ccc(F)c1CNc1ncc(-c2cc(CNC)nn2C)c2nc(C#N)cn12. The summed E-state index contributed by atoms with van der Waals surface area (Å²) in [6.07, 6.45) is 5.09. The number of hydrogen-bond acceptors (Lipinski definition) is 6. The third kappa shape index (κ3) is 4.30. The Morgan fingerprint density at radius 2 is 2.03 bits per heavy atom. The second-order valence-corrected chi connectivity index (χ2v) is 8.03. The number of aryl methyl sites for hydroxylation is 2. The Morgan fingerprint density at radius 3 is 2.76 bits per heavy atom. The van der Waals surface area contributed by atoms with Crippen molar-refractivity contribution in [2.24, 2.45) is 7.05 Å². The Labute approximate surface area is 192 Å². The highest BCUT2D eigenvalue weighted by atomic mass is 19.1. The van der Waals surface area contributed by atoms with Gasteiger partial charge in [-0.2, -0.15) is 10.4 Å². The average molecular weight is 447 g/mol. The number of imidazole rings is 1. The lowest BCUT2D eigenvalue weighted by Gasteiger charge is -2.15. The first-order valence-electron chi connectivity index (χ1n) is 10.9. The van der Waals surface area contributed by atoms with Crippen molar-refractivity contribution in [2.75, 3.05) is 12.4 Å². The van der Waals surface area contributed by atoms with Gasteiger partial charge in [0.05, 0.1) is 23.1 Å². The Hall–Kier alpha value is -3.77.